The first-order valence-corrected chi connectivity index (χ1v) is 7.21. The van der Waals surface area contributed by atoms with E-state index in [0.29, 0.717) is 18.8 Å². The first kappa shape index (κ1) is 12.9. The molecule has 3 aromatic rings. The summed E-state index contributed by atoms with van der Waals surface area (Å²) in [6, 6.07) is 5.99. The summed E-state index contributed by atoms with van der Waals surface area (Å²) in [7, 11) is 1.83. The van der Waals surface area contributed by atoms with Crippen molar-refractivity contribution < 1.29 is 4.79 Å². The first-order chi connectivity index (χ1) is 10.7. The molecule has 0 aliphatic carbocycles. The molecule has 6 heteroatoms. The van der Waals surface area contributed by atoms with Crippen molar-refractivity contribution in [2.24, 2.45) is 7.05 Å². The predicted octanol–water partition coefficient (Wildman–Crippen LogP) is 1.56. The van der Waals surface area contributed by atoms with Gasteiger partial charge in [0.15, 0.2) is 5.65 Å². The number of hydrogen-bond donors (Lipinski definition) is 0. The van der Waals surface area contributed by atoms with Gasteiger partial charge in [0, 0.05) is 43.8 Å². The number of aryl methyl sites for hydroxylation is 1. The van der Waals surface area contributed by atoms with Crippen LogP contribution >= 0.6 is 0 Å². The Morgan fingerprint density at radius 2 is 2.27 bits per heavy atom. The molecule has 3 aromatic heterocycles. The number of imidazole rings is 1. The number of carbonyl (C=O) groups is 1. The molecular formula is C16H15N5O. The Labute approximate surface area is 127 Å². The Bertz CT molecular complexity index is 870. The molecule has 0 fully saturated rings. The largest absolute Gasteiger partial charge is 0.333 e. The van der Waals surface area contributed by atoms with E-state index in [0.717, 1.165) is 28.7 Å². The lowest BCUT2D eigenvalue weighted by Crippen LogP contribution is -2.37. The number of hydrogen-bond acceptors (Lipinski definition) is 4. The molecule has 0 atom stereocenters. The lowest BCUT2D eigenvalue weighted by atomic mass is 10.0. The van der Waals surface area contributed by atoms with Crippen LogP contribution < -0.4 is 0 Å². The van der Waals surface area contributed by atoms with Crippen LogP contribution in [0.5, 0.6) is 0 Å². The molecule has 0 unspecified atom stereocenters. The molecule has 4 heterocycles. The van der Waals surface area contributed by atoms with Gasteiger partial charge < -0.3 is 9.47 Å². The summed E-state index contributed by atoms with van der Waals surface area (Å²) in [5.74, 6) is 0.0110. The fourth-order valence-electron chi connectivity index (χ4n) is 2.86. The number of aromatic nitrogens is 4. The molecule has 6 nitrogen and oxygen atoms in total. The van der Waals surface area contributed by atoms with Crippen LogP contribution in [0.3, 0.4) is 0 Å². The number of fused-ring (bicyclic) bond motifs is 2. The SMILES string of the molecule is Cn1cncc1C(=O)N1CCc2nc3ncccc3cc2C1. The monoisotopic (exact) mass is 293 g/mol. The Morgan fingerprint density at radius 3 is 3.09 bits per heavy atom. The van der Waals surface area contributed by atoms with E-state index < -0.39 is 0 Å². The summed E-state index contributed by atoms with van der Waals surface area (Å²) >= 11 is 0. The molecule has 0 N–H and O–H groups in total. The molecule has 0 spiro atoms. The maximum absolute atomic E-state index is 12.6. The molecule has 22 heavy (non-hydrogen) atoms. The second-order valence-electron chi connectivity index (χ2n) is 5.51. The minimum absolute atomic E-state index is 0.0110. The minimum atomic E-state index is 0.0110. The van der Waals surface area contributed by atoms with E-state index in [1.807, 2.05) is 24.1 Å². The van der Waals surface area contributed by atoms with Gasteiger partial charge in [-0.1, -0.05) is 0 Å². The summed E-state index contributed by atoms with van der Waals surface area (Å²) in [5.41, 5.74) is 3.52. The van der Waals surface area contributed by atoms with Gasteiger partial charge in [0.25, 0.3) is 5.91 Å². The number of nitrogens with zero attached hydrogens (tertiary/aromatic N) is 5. The Morgan fingerprint density at radius 1 is 1.36 bits per heavy atom. The number of carbonyl (C=O) groups excluding carboxylic acids is 1. The molecule has 0 saturated heterocycles. The van der Waals surface area contributed by atoms with Crippen LogP contribution in [0.1, 0.15) is 21.7 Å². The van der Waals surface area contributed by atoms with E-state index in [1.54, 1.807) is 23.3 Å². The zero-order valence-corrected chi connectivity index (χ0v) is 12.2. The van der Waals surface area contributed by atoms with Gasteiger partial charge in [-0.15, -0.1) is 0 Å². The summed E-state index contributed by atoms with van der Waals surface area (Å²) in [6.45, 7) is 1.25. The topological polar surface area (TPSA) is 63.9 Å². The number of rotatable bonds is 1. The normalized spacial score (nSPS) is 14.1. The van der Waals surface area contributed by atoms with Crippen molar-refractivity contribution in [3.63, 3.8) is 0 Å². The van der Waals surface area contributed by atoms with Crippen LogP contribution in [0.4, 0.5) is 0 Å². The van der Waals surface area contributed by atoms with Crippen molar-refractivity contribution in [2.75, 3.05) is 6.54 Å². The highest BCUT2D eigenvalue weighted by atomic mass is 16.2. The standard InChI is InChI=1S/C16H15N5O/c1-20-10-17-8-14(20)16(22)21-6-4-13-12(9-21)7-11-3-2-5-18-15(11)19-13/h2-3,5,7-8,10H,4,6,9H2,1H3. The van der Waals surface area contributed by atoms with Crippen LogP contribution in [0.15, 0.2) is 36.9 Å². The van der Waals surface area contributed by atoms with Crippen LogP contribution in [0.2, 0.25) is 0 Å². The van der Waals surface area contributed by atoms with Crippen molar-refractivity contribution in [1.29, 1.82) is 0 Å². The molecule has 110 valence electrons. The van der Waals surface area contributed by atoms with Crippen LogP contribution in [0.25, 0.3) is 11.0 Å². The van der Waals surface area contributed by atoms with E-state index in [2.05, 4.69) is 21.0 Å². The van der Waals surface area contributed by atoms with Gasteiger partial charge in [0.2, 0.25) is 0 Å². The van der Waals surface area contributed by atoms with Gasteiger partial charge in [-0.3, -0.25) is 4.79 Å². The zero-order valence-electron chi connectivity index (χ0n) is 12.2. The Kier molecular flexibility index (Phi) is 2.89. The van der Waals surface area contributed by atoms with E-state index in [-0.39, 0.29) is 5.91 Å². The molecule has 4 rings (SSSR count). The van der Waals surface area contributed by atoms with E-state index in [1.165, 1.54) is 0 Å². The highest BCUT2D eigenvalue weighted by Gasteiger charge is 2.24. The maximum atomic E-state index is 12.6. The van der Waals surface area contributed by atoms with Crippen molar-refractivity contribution in [3.05, 3.63) is 53.9 Å². The molecule has 0 bridgehead atoms. The third-order valence-corrected chi connectivity index (χ3v) is 4.06. The van der Waals surface area contributed by atoms with Gasteiger partial charge >= 0.3 is 0 Å². The Hall–Kier alpha value is -2.76. The number of pyridine rings is 2. The van der Waals surface area contributed by atoms with Crippen LogP contribution in [0, 0.1) is 0 Å². The Balaban J connectivity index is 1.67. The molecule has 1 aliphatic heterocycles. The third kappa shape index (κ3) is 2.04. The highest BCUT2D eigenvalue weighted by molar-refractivity contribution is 5.92. The molecule has 1 aliphatic rings. The summed E-state index contributed by atoms with van der Waals surface area (Å²) in [6.07, 6.45) is 5.76. The van der Waals surface area contributed by atoms with Crippen LogP contribution in [-0.4, -0.2) is 36.9 Å². The average Bonchev–Trinajstić information content (AvgIpc) is 2.97. The maximum Gasteiger partial charge on any atom is 0.272 e. The lowest BCUT2D eigenvalue weighted by molar-refractivity contribution is 0.0724. The number of amides is 1. The van der Waals surface area contributed by atoms with Gasteiger partial charge in [-0.05, 0) is 23.8 Å². The average molecular weight is 293 g/mol. The van der Waals surface area contributed by atoms with Gasteiger partial charge in [0.05, 0.1) is 12.5 Å². The van der Waals surface area contributed by atoms with Crippen LogP contribution in [-0.2, 0) is 20.0 Å². The lowest BCUT2D eigenvalue weighted by Gasteiger charge is -2.28. The van der Waals surface area contributed by atoms with Crippen molar-refractivity contribution in [3.8, 4) is 0 Å². The predicted molar refractivity (Wildman–Crippen MR) is 81.2 cm³/mol. The van der Waals surface area contributed by atoms with Gasteiger partial charge in [0.1, 0.15) is 5.69 Å². The molecular weight excluding hydrogens is 278 g/mol. The fraction of sp³-hybridized carbons (Fsp3) is 0.250. The zero-order chi connectivity index (χ0) is 15.1. The second-order valence-corrected chi connectivity index (χ2v) is 5.51. The quantitative estimate of drug-likeness (QED) is 0.683. The summed E-state index contributed by atoms with van der Waals surface area (Å²) < 4.78 is 1.75. The minimum Gasteiger partial charge on any atom is -0.333 e. The van der Waals surface area contributed by atoms with Gasteiger partial charge in [-0.25, -0.2) is 15.0 Å². The van der Waals surface area contributed by atoms with E-state index in [9.17, 15) is 4.79 Å². The first-order valence-electron chi connectivity index (χ1n) is 7.21. The summed E-state index contributed by atoms with van der Waals surface area (Å²) in [5, 5.41) is 1.01. The summed E-state index contributed by atoms with van der Waals surface area (Å²) in [4.78, 5) is 27.4. The highest BCUT2D eigenvalue weighted by Crippen LogP contribution is 2.22. The molecule has 0 aromatic carbocycles. The van der Waals surface area contributed by atoms with Crippen molar-refractivity contribution >= 4 is 16.9 Å². The van der Waals surface area contributed by atoms with Crippen molar-refractivity contribution in [2.45, 2.75) is 13.0 Å². The van der Waals surface area contributed by atoms with Gasteiger partial charge in [-0.2, -0.15) is 0 Å². The molecule has 0 saturated carbocycles. The smallest absolute Gasteiger partial charge is 0.272 e. The van der Waals surface area contributed by atoms with E-state index in [4.69, 9.17) is 0 Å². The van der Waals surface area contributed by atoms with E-state index >= 15 is 0 Å². The van der Waals surface area contributed by atoms with Crippen molar-refractivity contribution in [1.82, 2.24) is 24.4 Å². The molecule has 0 radical (unpaired) electrons. The second kappa shape index (κ2) is 4.91. The third-order valence-electron chi connectivity index (χ3n) is 4.06. The fourth-order valence-corrected chi connectivity index (χ4v) is 2.86. The molecule has 1 amide bonds.